The first kappa shape index (κ1) is 15.8. The quantitative estimate of drug-likeness (QED) is 0.381. The molecule has 0 aliphatic carbocycles. The Balaban J connectivity index is -0.0000000800. The molecule has 0 radical (unpaired) electrons. The van der Waals surface area contributed by atoms with Gasteiger partial charge in [-0.2, -0.15) is 0 Å². The molecule has 0 aromatic rings. The van der Waals surface area contributed by atoms with Gasteiger partial charge in [-0.3, -0.25) is 0 Å². The predicted molar refractivity (Wildman–Crippen MR) is 21.6 cm³/mol. The summed E-state index contributed by atoms with van der Waals surface area (Å²) < 4.78 is 30.7. The van der Waals surface area contributed by atoms with Gasteiger partial charge in [-0.15, -0.1) is 0 Å². The summed E-state index contributed by atoms with van der Waals surface area (Å²) >= 11 is -5.12. The van der Waals surface area contributed by atoms with Crippen molar-refractivity contribution in [2.75, 3.05) is 0 Å². The molecule has 0 saturated carbocycles. The first-order valence-electron chi connectivity index (χ1n) is 0.783. The third-order valence-electron chi connectivity index (χ3n) is 0. The molecule has 0 atom stereocenters. The molecule has 44 valence electrons. The monoisotopic (exact) mass is 224 g/mol. The molecule has 0 rings (SSSR count). The number of rotatable bonds is 0. The predicted octanol–water partition coefficient (Wildman–Crippen LogP) is -3.09. The van der Waals surface area contributed by atoms with E-state index >= 15 is 0 Å². The second-order valence-corrected chi connectivity index (χ2v) is 2.67. The van der Waals surface area contributed by atoms with Crippen LogP contribution in [0.15, 0.2) is 0 Å². The molecule has 3 N–H and O–H groups in total. The fourth-order valence-electron chi connectivity index (χ4n) is 0. The van der Waals surface area contributed by atoms with E-state index in [4.69, 9.17) is 16.0 Å². The van der Waals surface area contributed by atoms with Crippen molar-refractivity contribution in [3.8, 4) is 0 Å². The van der Waals surface area contributed by atoms with Crippen molar-refractivity contribution >= 4 is 37.6 Å². The molecule has 0 spiro atoms. The smallest absolute Gasteiger partial charge is 0 e. The van der Waals surface area contributed by atoms with Gasteiger partial charge in [0.2, 0.25) is 0 Å². The van der Waals surface area contributed by atoms with Crippen molar-refractivity contribution in [2.45, 2.75) is 0 Å². The van der Waals surface area contributed by atoms with Crippen LogP contribution in [0.25, 0.3) is 0 Å². The van der Waals surface area contributed by atoms with E-state index in [1.54, 1.807) is 0 Å². The summed E-state index contributed by atoms with van der Waals surface area (Å²) in [5.41, 5.74) is 0. The third kappa shape index (κ3) is 98.8. The number of hydrogen-bond donors (Lipinski definition) is 3. The van der Waals surface area contributed by atoms with E-state index in [1.807, 2.05) is 0 Å². The average molecular weight is 224 g/mol. The van der Waals surface area contributed by atoms with E-state index in [9.17, 15) is 0 Å². The van der Waals surface area contributed by atoms with Crippen LogP contribution in [-0.2, 0) is 20.8 Å². The van der Waals surface area contributed by atoms with Gasteiger partial charge in [-0.05, 0) is 0 Å². The maximum atomic E-state index is 8.94. The molecule has 4 nitrogen and oxygen atoms in total. The fourth-order valence-corrected chi connectivity index (χ4v) is 0. The zero-order valence-corrected chi connectivity index (χ0v) is 5.53. The largest absolute Gasteiger partial charge is 0.316 e. The van der Waals surface area contributed by atoms with Gasteiger partial charge in [0.25, 0.3) is 0 Å². The minimum atomic E-state index is -5.12. The van der Waals surface area contributed by atoms with Gasteiger partial charge in [0.05, 0.1) is 0 Å². The zero-order chi connectivity index (χ0) is 4.50. The number of hydrogen-bond acceptors (Lipinski definition) is 1. The summed E-state index contributed by atoms with van der Waals surface area (Å²) in [5.74, 6) is 0. The van der Waals surface area contributed by atoms with Crippen molar-refractivity contribution in [2.24, 2.45) is 0 Å². The zero-order valence-electron chi connectivity index (χ0n) is 2.55. The molecule has 0 aromatic heterocycles. The molecule has 0 aliphatic heterocycles. The van der Waals surface area contributed by atoms with E-state index in [0.29, 0.717) is 0 Å². The van der Waals surface area contributed by atoms with Crippen molar-refractivity contribution < 1.29 is 33.1 Å². The summed E-state index contributed by atoms with van der Waals surface area (Å²) in [6.45, 7) is 0. The molecule has 0 aliphatic rings. The van der Waals surface area contributed by atoms with Crippen LogP contribution in [0.5, 0.6) is 0 Å². The molecule has 0 heterocycles. The van der Waals surface area contributed by atoms with Gasteiger partial charge < -0.3 is 0 Å². The van der Waals surface area contributed by atoms with Gasteiger partial charge in [0, 0.05) is 17.1 Å². The van der Waals surface area contributed by atoms with Gasteiger partial charge in [0.1, 0.15) is 0 Å². The Morgan fingerprint density at radius 1 is 1.14 bits per heavy atom. The molecule has 0 aromatic carbocycles. The molecular formula is H5AsFeMgO4. The maximum Gasteiger partial charge on any atom is 0.316 e. The van der Waals surface area contributed by atoms with Crippen LogP contribution in [0.2, 0.25) is 0 Å². The Bertz CT molecular complexity index is 57.8. The van der Waals surface area contributed by atoms with Crippen molar-refractivity contribution in [3.05, 3.63) is 0 Å². The molecular weight excluding hydrogens is 219 g/mol. The van der Waals surface area contributed by atoms with E-state index in [0.717, 1.165) is 0 Å². The summed E-state index contributed by atoms with van der Waals surface area (Å²) in [7, 11) is 0. The van der Waals surface area contributed by atoms with Crippen molar-refractivity contribution in [1.29, 1.82) is 0 Å². The summed E-state index contributed by atoms with van der Waals surface area (Å²) in [5, 5.41) is 0. The van der Waals surface area contributed by atoms with Gasteiger partial charge in [0.15, 0.2) is 0 Å². The minimum Gasteiger partial charge on any atom is 0 e. The fraction of sp³-hybridized carbons (Fsp3) is 0. The Morgan fingerprint density at radius 2 is 1.14 bits per heavy atom. The summed E-state index contributed by atoms with van der Waals surface area (Å²) in [6.07, 6.45) is 0. The Labute approximate surface area is 70.3 Å². The maximum absolute atomic E-state index is 8.94. The Kier molecular flexibility index (Phi) is 12.8. The second-order valence-electron chi connectivity index (χ2n) is 0.513. The van der Waals surface area contributed by atoms with Crippen LogP contribution in [0.1, 0.15) is 0 Å². The normalized spacial score (nSPS) is 8.43. The first-order valence-corrected chi connectivity index (χ1v) is 4.07. The van der Waals surface area contributed by atoms with Crippen molar-refractivity contribution in [1.82, 2.24) is 0 Å². The molecule has 0 fully saturated rings. The molecule has 0 saturated heterocycles. The topological polar surface area (TPSA) is 77.8 Å². The van der Waals surface area contributed by atoms with Gasteiger partial charge in [-0.25, -0.2) is 0 Å². The first-order chi connectivity index (χ1) is 2.00. The molecule has 7 heavy (non-hydrogen) atoms. The SMILES string of the molecule is O=[As](O)(O)O.[Fe].[MgH2]. The molecule has 0 bridgehead atoms. The average Bonchev–Trinajstić information content (AvgIpc) is 0.722. The van der Waals surface area contributed by atoms with Crippen LogP contribution < -0.4 is 0 Å². The van der Waals surface area contributed by atoms with E-state index in [-0.39, 0.29) is 40.1 Å². The Morgan fingerprint density at radius 3 is 1.14 bits per heavy atom. The molecule has 0 amide bonds. The minimum absolute atomic E-state index is 0. The van der Waals surface area contributed by atoms with Gasteiger partial charge in [-0.1, -0.05) is 0 Å². The van der Waals surface area contributed by atoms with E-state index in [1.165, 1.54) is 0 Å². The second kappa shape index (κ2) is 5.66. The molecule has 0 unspecified atom stereocenters. The van der Waals surface area contributed by atoms with E-state index in [2.05, 4.69) is 0 Å². The standard InChI is InChI=1S/AsH3O4.Fe.Mg.2H/c2-1(3,4)5;;;;/h(H3,2,3,4,5);;;;. The third-order valence-corrected chi connectivity index (χ3v) is 0. The van der Waals surface area contributed by atoms with Gasteiger partial charge >= 0.3 is 53.6 Å². The van der Waals surface area contributed by atoms with Crippen LogP contribution in [0.3, 0.4) is 0 Å². The summed E-state index contributed by atoms with van der Waals surface area (Å²) in [6, 6.07) is 0. The van der Waals surface area contributed by atoms with E-state index < -0.39 is 14.5 Å². The van der Waals surface area contributed by atoms with Crippen LogP contribution >= 0.6 is 0 Å². The van der Waals surface area contributed by atoms with Crippen LogP contribution in [0.4, 0.5) is 0 Å². The molecule has 7 heteroatoms. The Hall–Kier alpha value is 1.52. The van der Waals surface area contributed by atoms with Crippen LogP contribution in [-0.4, -0.2) is 49.9 Å². The van der Waals surface area contributed by atoms with Crippen LogP contribution in [0, 0.1) is 0 Å². The van der Waals surface area contributed by atoms with Crippen molar-refractivity contribution in [3.63, 3.8) is 0 Å². The summed E-state index contributed by atoms with van der Waals surface area (Å²) in [4.78, 5) is 0.